The number of aromatic nitrogens is 3. The number of benzene rings is 2. The van der Waals surface area contributed by atoms with E-state index in [4.69, 9.17) is 0 Å². The first-order valence-electron chi connectivity index (χ1n) is 9.58. The topological polar surface area (TPSA) is 60.0 Å². The molecule has 0 spiro atoms. The van der Waals surface area contributed by atoms with Gasteiger partial charge in [-0.1, -0.05) is 24.3 Å². The summed E-state index contributed by atoms with van der Waals surface area (Å²) in [6, 6.07) is 10.5. The lowest BCUT2D eigenvalue weighted by Crippen LogP contribution is -2.43. The van der Waals surface area contributed by atoms with E-state index in [0.717, 1.165) is 12.8 Å². The Hall–Kier alpha value is -3.13. The molecule has 2 heterocycles. The zero-order chi connectivity index (χ0) is 21.3. The van der Waals surface area contributed by atoms with E-state index in [-0.39, 0.29) is 23.0 Å². The molecule has 5 nitrogen and oxygen atoms in total. The van der Waals surface area contributed by atoms with Crippen LogP contribution in [0, 0.1) is 5.92 Å². The summed E-state index contributed by atoms with van der Waals surface area (Å²) < 4.78 is 45.8. The zero-order valence-electron chi connectivity index (χ0n) is 16.0. The fraction of sp³-hybridized carbons (Fsp3) is 0.273. The maximum atomic E-state index is 14.3. The Bertz CT molecular complexity index is 1300. The molecular weight excluding hydrogens is 395 g/mol. The average molecular weight is 413 g/mol. The minimum Gasteiger partial charge on any atom is -0.372 e. The van der Waals surface area contributed by atoms with Crippen molar-refractivity contribution in [3.05, 3.63) is 66.0 Å². The molecule has 1 unspecified atom stereocenters. The molecule has 1 aliphatic rings. The third kappa shape index (κ3) is 2.60. The first-order chi connectivity index (χ1) is 14.2. The molecule has 1 N–H and O–H groups in total. The summed E-state index contributed by atoms with van der Waals surface area (Å²) in [5.41, 5.74) is -2.77. The van der Waals surface area contributed by atoms with Gasteiger partial charge in [-0.2, -0.15) is 23.0 Å². The van der Waals surface area contributed by atoms with Gasteiger partial charge in [0.2, 0.25) is 5.60 Å². The molecule has 1 fully saturated rings. The van der Waals surface area contributed by atoms with E-state index in [0.29, 0.717) is 21.8 Å². The summed E-state index contributed by atoms with van der Waals surface area (Å²) in [4.78, 5) is 12.4. The molecule has 5 rings (SSSR count). The lowest BCUT2D eigenvalue weighted by Gasteiger charge is -2.31. The second-order valence-electron chi connectivity index (χ2n) is 7.82. The summed E-state index contributed by atoms with van der Waals surface area (Å²) in [5.74, 6) is -0.228. The molecule has 0 saturated heterocycles. The van der Waals surface area contributed by atoms with Gasteiger partial charge in [0.1, 0.15) is 0 Å². The van der Waals surface area contributed by atoms with E-state index in [1.54, 1.807) is 35.9 Å². The normalized spacial score (nSPS) is 16.8. The predicted octanol–water partition coefficient (Wildman–Crippen LogP) is 4.38. The molecule has 1 aliphatic carbocycles. The Morgan fingerprint density at radius 1 is 1.13 bits per heavy atom. The van der Waals surface area contributed by atoms with Crippen molar-refractivity contribution in [1.82, 2.24) is 14.3 Å². The van der Waals surface area contributed by atoms with Gasteiger partial charge in [0.15, 0.2) is 0 Å². The van der Waals surface area contributed by atoms with Crippen LogP contribution in [0.5, 0.6) is 0 Å². The Labute approximate surface area is 169 Å². The van der Waals surface area contributed by atoms with Gasteiger partial charge in [-0.05, 0) is 36.6 Å². The fourth-order valence-corrected chi connectivity index (χ4v) is 4.04. The number of rotatable bonds is 3. The van der Waals surface area contributed by atoms with Gasteiger partial charge in [0, 0.05) is 41.0 Å². The lowest BCUT2D eigenvalue weighted by atomic mass is 9.85. The number of aliphatic hydroxyl groups is 1. The summed E-state index contributed by atoms with van der Waals surface area (Å²) >= 11 is 0. The quantitative estimate of drug-likeness (QED) is 0.542. The van der Waals surface area contributed by atoms with E-state index in [1.165, 1.54) is 35.3 Å². The Morgan fingerprint density at radius 3 is 2.57 bits per heavy atom. The van der Waals surface area contributed by atoms with Gasteiger partial charge in [-0.25, -0.2) is 0 Å². The van der Waals surface area contributed by atoms with Crippen molar-refractivity contribution < 1.29 is 23.1 Å². The van der Waals surface area contributed by atoms with Gasteiger partial charge in [-0.15, -0.1) is 0 Å². The summed E-state index contributed by atoms with van der Waals surface area (Å²) in [5, 5.41) is 15.9. The fourth-order valence-electron chi connectivity index (χ4n) is 4.04. The van der Waals surface area contributed by atoms with E-state index in [1.807, 2.05) is 0 Å². The molecule has 0 aliphatic heterocycles. The molecule has 8 heteroatoms. The number of hydrogen-bond donors (Lipinski definition) is 1. The summed E-state index contributed by atoms with van der Waals surface area (Å²) in [6.07, 6.45) is -0.702. The van der Waals surface area contributed by atoms with Crippen molar-refractivity contribution in [2.45, 2.75) is 24.6 Å². The molecule has 2 aromatic carbocycles. The maximum absolute atomic E-state index is 14.3. The van der Waals surface area contributed by atoms with Gasteiger partial charge < -0.3 is 9.67 Å². The molecule has 0 radical (unpaired) electrons. The molecule has 1 saturated carbocycles. The minimum absolute atomic E-state index is 0.0735. The second-order valence-corrected chi connectivity index (χ2v) is 7.82. The van der Waals surface area contributed by atoms with Crippen LogP contribution >= 0.6 is 0 Å². The number of aryl methyl sites for hydroxylation is 1. The lowest BCUT2D eigenvalue weighted by molar-refractivity contribution is -0.247. The van der Waals surface area contributed by atoms with Crippen LogP contribution in [0.15, 0.2) is 54.9 Å². The van der Waals surface area contributed by atoms with Crippen LogP contribution in [-0.2, 0) is 12.6 Å². The van der Waals surface area contributed by atoms with E-state index in [2.05, 4.69) is 5.10 Å². The second kappa shape index (κ2) is 6.18. The first-order valence-corrected chi connectivity index (χ1v) is 9.58. The van der Waals surface area contributed by atoms with Crippen molar-refractivity contribution in [3.63, 3.8) is 0 Å². The Morgan fingerprint density at radius 2 is 1.87 bits per heavy atom. The first kappa shape index (κ1) is 18.9. The summed E-state index contributed by atoms with van der Waals surface area (Å²) in [7, 11) is 1.64. The zero-order valence-corrected chi connectivity index (χ0v) is 16.0. The van der Waals surface area contributed by atoms with Crippen LogP contribution < -0.4 is 0 Å². The maximum Gasteiger partial charge on any atom is 0.425 e. The molecule has 0 amide bonds. The van der Waals surface area contributed by atoms with Crippen LogP contribution in [0.1, 0.15) is 28.8 Å². The van der Waals surface area contributed by atoms with Gasteiger partial charge in [0.05, 0.1) is 11.7 Å². The Balaban J connectivity index is 1.71. The number of carbonyl (C=O) groups is 1. The number of hydrogen-bond acceptors (Lipinski definition) is 3. The number of nitrogens with zero attached hydrogens (tertiary/aromatic N) is 3. The highest BCUT2D eigenvalue weighted by atomic mass is 19.4. The number of halogens is 3. The third-order valence-electron chi connectivity index (χ3n) is 5.82. The molecule has 30 heavy (non-hydrogen) atoms. The van der Waals surface area contributed by atoms with Crippen LogP contribution in [-0.4, -0.2) is 31.5 Å². The number of carbonyl (C=O) groups excluding carboxylic acids is 1. The standard InChI is InChI=1S/C22H18F3N3O2/c1-27-12-17(16-4-2-3-5-19(16)27)21(30,22(23,24)25)15-8-9-18-14(10-15)11-26-28(18)20(29)13-6-7-13/h2-5,8-13,30H,6-7H2,1H3. The molecule has 1 atom stereocenters. The molecule has 0 bridgehead atoms. The molecule has 2 aromatic heterocycles. The third-order valence-corrected chi connectivity index (χ3v) is 5.82. The number of para-hydroxylation sites is 1. The predicted molar refractivity (Wildman–Crippen MR) is 105 cm³/mol. The van der Waals surface area contributed by atoms with Gasteiger partial charge >= 0.3 is 6.18 Å². The largest absolute Gasteiger partial charge is 0.425 e. The van der Waals surface area contributed by atoms with E-state index < -0.39 is 11.8 Å². The van der Waals surface area contributed by atoms with Crippen LogP contribution in [0.25, 0.3) is 21.8 Å². The SMILES string of the molecule is Cn1cc(C(O)(c2ccc3c(cnn3C(=O)C3CC3)c2)C(F)(F)F)c2ccccc21. The minimum atomic E-state index is -4.97. The van der Waals surface area contributed by atoms with Crippen LogP contribution in [0.4, 0.5) is 13.2 Å². The van der Waals surface area contributed by atoms with Crippen molar-refractivity contribution in [1.29, 1.82) is 0 Å². The van der Waals surface area contributed by atoms with Crippen molar-refractivity contribution in [2.24, 2.45) is 13.0 Å². The van der Waals surface area contributed by atoms with Crippen molar-refractivity contribution in [2.75, 3.05) is 0 Å². The van der Waals surface area contributed by atoms with Crippen molar-refractivity contribution in [3.8, 4) is 0 Å². The number of fused-ring (bicyclic) bond motifs is 2. The summed E-state index contributed by atoms with van der Waals surface area (Å²) in [6.45, 7) is 0. The van der Waals surface area contributed by atoms with Gasteiger partial charge in [-0.3, -0.25) is 4.79 Å². The molecular formula is C22H18F3N3O2. The molecule has 4 aromatic rings. The van der Waals surface area contributed by atoms with Gasteiger partial charge in [0.25, 0.3) is 5.91 Å². The Kier molecular flexibility index (Phi) is 3.89. The number of alkyl halides is 3. The highest BCUT2D eigenvalue weighted by Crippen LogP contribution is 2.47. The molecule has 154 valence electrons. The average Bonchev–Trinajstić information content (AvgIpc) is 3.40. The van der Waals surface area contributed by atoms with Crippen LogP contribution in [0.2, 0.25) is 0 Å². The monoisotopic (exact) mass is 413 g/mol. The van der Waals surface area contributed by atoms with Crippen LogP contribution in [0.3, 0.4) is 0 Å². The highest BCUT2D eigenvalue weighted by molar-refractivity contribution is 5.93. The van der Waals surface area contributed by atoms with E-state index >= 15 is 0 Å². The van der Waals surface area contributed by atoms with E-state index in [9.17, 15) is 23.1 Å². The smallest absolute Gasteiger partial charge is 0.372 e. The van der Waals surface area contributed by atoms with Crippen molar-refractivity contribution >= 4 is 27.7 Å². The highest BCUT2D eigenvalue weighted by Gasteiger charge is 2.57.